The van der Waals surface area contributed by atoms with Gasteiger partial charge in [0.1, 0.15) is 15.5 Å². The minimum atomic E-state index is -0.143. The van der Waals surface area contributed by atoms with E-state index in [9.17, 15) is 4.79 Å². The summed E-state index contributed by atoms with van der Waals surface area (Å²) in [4.78, 5) is 21.7. The molecule has 0 aliphatic carbocycles. The molecule has 4 rings (SSSR count). The number of fused-ring (bicyclic) bond motifs is 2. The Morgan fingerprint density at radius 2 is 2.21 bits per heavy atom. The van der Waals surface area contributed by atoms with Gasteiger partial charge in [-0.05, 0) is 37.7 Å². The lowest BCUT2D eigenvalue weighted by Gasteiger charge is -2.24. The Morgan fingerprint density at radius 1 is 1.36 bits per heavy atom. The number of hydrogen-bond acceptors (Lipinski definition) is 6. The number of aromatic nitrogens is 1. The molecule has 146 valence electrons. The summed E-state index contributed by atoms with van der Waals surface area (Å²) >= 11 is 1.43. The van der Waals surface area contributed by atoms with Crippen molar-refractivity contribution in [2.45, 2.75) is 19.9 Å². The predicted octanol–water partition coefficient (Wildman–Crippen LogP) is 3.98. The molecule has 3 heterocycles. The third-order valence-corrected chi connectivity index (χ3v) is 5.98. The summed E-state index contributed by atoms with van der Waals surface area (Å²) < 4.78 is 5.52. The molecule has 1 aliphatic heterocycles. The molecule has 7 heteroatoms. The summed E-state index contributed by atoms with van der Waals surface area (Å²) in [5.41, 5.74) is 3.93. The van der Waals surface area contributed by atoms with E-state index in [-0.39, 0.29) is 5.91 Å². The van der Waals surface area contributed by atoms with Gasteiger partial charge >= 0.3 is 0 Å². The Balaban J connectivity index is 1.68. The lowest BCUT2D eigenvalue weighted by atomic mass is 10.0. The predicted molar refractivity (Wildman–Crippen MR) is 115 cm³/mol. The quantitative estimate of drug-likeness (QED) is 0.683. The van der Waals surface area contributed by atoms with Gasteiger partial charge in [0.2, 0.25) is 0 Å². The number of pyridine rings is 1. The van der Waals surface area contributed by atoms with Crippen molar-refractivity contribution in [2.24, 2.45) is 0 Å². The average molecular weight is 397 g/mol. The monoisotopic (exact) mass is 396 g/mol. The fourth-order valence-corrected chi connectivity index (χ4v) is 4.62. The maximum absolute atomic E-state index is 13.0. The van der Waals surface area contributed by atoms with Crippen LogP contribution < -0.4 is 15.4 Å². The molecule has 1 aliphatic rings. The number of likely N-dealkylation sites (N-methyl/N-ethyl adjacent to an activating group) is 1. The van der Waals surface area contributed by atoms with Gasteiger partial charge in [-0.1, -0.05) is 6.07 Å². The number of nitrogens with one attached hydrogen (secondary N) is 2. The second kappa shape index (κ2) is 7.77. The average Bonchev–Trinajstić information content (AvgIpc) is 3.04. The highest BCUT2D eigenvalue weighted by Crippen LogP contribution is 2.37. The van der Waals surface area contributed by atoms with Crippen LogP contribution in [0.15, 0.2) is 30.3 Å². The Labute approximate surface area is 168 Å². The summed E-state index contributed by atoms with van der Waals surface area (Å²) in [5, 5.41) is 7.20. The summed E-state index contributed by atoms with van der Waals surface area (Å²) in [6, 6.07) is 9.63. The number of thiophene rings is 1. The van der Waals surface area contributed by atoms with Gasteiger partial charge in [-0.15, -0.1) is 11.3 Å². The van der Waals surface area contributed by atoms with Crippen LogP contribution in [-0.2, 0) is 13.0 Å². The smallest absolute Gasteiger partial charge is 0.267 e. The van der Waals surface area contributed by atoms with E-state index in [1.165, 1.54) is 16.9 Å². The van der Waals surface area contributed by atoms with Crippen molar-refractivity contribution < 1.29 is 9.53 Å². The molecule has 28 heavy (non-hydrogen) atoms. The molecule has 0 saturated carbocycles. The van der Waals surface area contributed by atoms with E-state index in [0.29, 0.717) is 17.2 Å². The van der Waals surface area contributed by atoms with Gasteiger partial charge in [0, 0.05) is 49.4 Å². The van der Waals surface area contributed by atoms with Crippen molar-refractivity contribution in [1.82, 2.24) is 9.88 Å². The molecule has 0 unspecified atom stereocenters. The zero-order valence-corrected chi connectivity index (χ0v) is 17.2. The molecule has 2 aromatic heterocycles. The van der Waals surface area contributed by atoms with Crippen LogP contribution in [0.5, 0.6) is 5.75 Å². The third kappa shape index (κ3) is 3.55. The van der Waals surface area contributed by atoms with Crippen LogP contribution in [0.3, 0.4) is 0 Å². The molecule has 0 bridgehead atoms. The standard InChI is InChI=1S/C21H24N4O2S/c1-4-27-15-7-5-6-14(11-15)23-20(26)19-18(22-2)16-10-13-12-25(3)9-8-17(13)24-21(16)28-19/h5-7,10-11,22H,4,8-9,12H2,1-3H3,(H,23,26). The SMILES string of the molecule is CCOc1cccc(NC(=O)c2sc3nc4c(cc3c2NC)CN(C)CC4)c1. The summed E-state index contributed by atoms with van der Waals surface area (Å²) in [7, 11) is 3.97. The van der Waals surface area contributed by atoms with Crippen LogP contribution in [0, 0.1) is 0 Å². The number of carbonyl (C=O) groups excluding carboxylic acids is 1. The van der Waals surface area contributed by atoms with Crippen molar-refractivity contribution in [3.63, 3.8) is 0 Å². The summed E-state index contributed by atoms with van der Waals surface area (Å²) in [5.74, 6) is 0.597. The Kier molecular flexibility index (Phi) is 5.19. The second-order valence-electron chi connectivity index (χ2n) is 6.91. The molecule has 0 saturated heterocycles. The second-order valence-corrected chi connectivity index (χ2v) is 7.90. The van der Waals surface area contributed by atoms with Crippen LogP contribution in [-0.4, -0.2) is 43.0 Å². The Bertz CT molecular complexity index is 1030. The number of benzene rings is 1. The van der Waals surface area contributed by atoms with Crippen LogP contribution in [0.1, 0.15) is 27.9 Å². The first-order valence-corrected chi connectivity index (χ1v) is 10.3. The molecular weight excluding hydrogens is 372 g/mol. The fourth-order valence-electron chi connectivity index (χ4n) is 3.55. The van der Waals surface area contributed by atoms with E-state index in [1.54, 1.807) is 0 Å². The topological polar surface area (TPSA) is 66.5 Å². The number of nitrogens with zero attached hydrogens (tertiary/aromatic N) is 2. The summed E-state index contributed by atoms with van der Waals surface area (Å²) in [6.45, 7) is 4.43. The lowest BCUT2D eigenvalue weighted by Crippen LogP contribution is -2.27. The van der Waals surface area contributed by atoms with Crippen LogP contribution in [0.4, 0.5) is 11.4 Å². The molecule has 0 atom stereocenters. The van der Waals surface area contributed by atoms with E-state index in [4.69, 9.17) is 9.72 Å². The number of carbonyl (C=O) groups is 1. The molecule has 0 fully saturated rings. The highest BCUT2D eigenvalue weighted by Gasteiger charge is 2.22. The Hall–Kier alpha value is -2.64. The highest BCUT2D eigenvalue weighted by atomic mass is 32.1. The number of anilines is 2. The highest BCUT2D eigenvalue weighted by molar-refractivity contribution is 7.21. The van der Waals surface area contributed by atoms with Crippen LogP contribution in [0.25, 0.3) is 10.2 Å². The minimum Gasteiger partial charge on any atom is -0.494 e. The zero-order chi connectivity index (χ0) is 19.7. The first kappa shape index (κ1) is 18.7. The van der Waals surface area contributed by atoms with Crippen molar-refractivity contribution >= 4 is 38.8 Å². The summed E-state index contributed by atoms with van der Waals surface area (Å²) in [6.07, 6.45) is 0.945. The molecular formula is C21H24N4O2S. The van der Waals surface area contributed by atoms with Crippen molar-refractivity contribution in [3.8, 4) is 5.75 Å². The van der Waals surface area contributed by atoms with Crippen LogP contribution >= 0.6 is 11.3 Å². The van der Waals surface area contributed by atoms with Gasteiger partial charge in [-0.2, -0.15) is 0 Å². The molecule has 3 aromatic rings. The van der Waals surface area contributed by atoms with E-state index in [2.05, 4.69) is 28.6 Å². The van der Waals surface area contributed by atoms with Gasteiger partial charge in [0.25, 0.3) is 5.91 Å². The van der Waals surface area contributed by atoms with Gasteiger partial charge < -0.3 is 20.3 Å². The van der Waals surface area contributed by atoms with E-state index in [1.807, 2.05) is 38.2 Å². The molecule has 1 amide bonds. The lowest BCUT2D eigenvalue weighted by molar-refractivity contribution is 0.103. The van der Waals surface area contributed by atoms with E-state index >= 15 is 0 Å². The minimum absolute atomic E-state index is 0.143. The zero-order valence-electron chi connectivity index (χ0n) is 16.3. The third-order valence-electron chi connectivity index (χ3n) is 4.88. The molecule has 1 aromatic carbocycles. The number of amides is 1. The Morgan fingerprint density at radius 3 is 3.00 bits per heavy atom. The fraction of sp³-hybridized carbons (Fsp3) is 0.333. The van der Waals surface area contributed by atoms with Crippen LogP contribution in [0.2, 0.25) is 0 Å². The van der Waals surface area contributed by atoms with Gasteiger partial charge in [0.15, 0.2) is 0 Å². The number of rotatable bonds is 5. The molecule has 0 radical (unpaired) electrons. The van der Waals surface area contributed by atoms with Gasteiger partial charge in [-0.25, -0.2) is 4.98 Å². The van der Waals surface area contributed by atoms with Crippen molar-refractivity contribution in [1.29, 1.82) is 0 Å². The van der Waals surface area contributed by atoms with Crippen molar-refractivity contribution in [3.05, 3.63) is 46.5 Å². The molecule has 6 nitrogen and oxygen atoms in total. The normalized spacial score (nSPS) is 14.0. The number of ether oxygens (including phenoxy) is 1. The van der Waals surface area contributed by atoms with E-state index < -0.39 is 0 Å². The maximum Gasteiger partial charge on any atom is 0.267 e. The maximum atomic E-state index is 13.0. The largest absolute Gasteiger partial charge is 0.494 e. The van der Waals surface area contributed by atoms with E-state index in [0.717, 1.165) is 46.9 Å². The first-order valence-electron chi connectivity index (χ1n) is 9.44. The molecule has 0 spiro atoms. The molecule has 2 N–H and O–H groups in total. The number of hydrogen-bond donors (Lipinski definition) is 2. The van der Waals surface area contributed by atoms with Gasteiger partial charge in [0.05, 0.1) is 12.3 Å². The van der Waals surface area contributed by atoms with Crippen molar-refractivity contribution in [2.75, 3.05) is 37.9 Å². The first-order chi connectivity index (χ1) is 13.6. The van der Waals surface area contributed by atoms with Gasteiger partial charge in [-0.3, -0.25) is 4.79 Å².